The van der Waals surface area contributed by atoms with Gasteiger partial charge in [-0.1, -0.05) is 35.9 Å². The molecule has 6 nitrogen and oxygen atoms in total. The number of amides is 1. The summed E-state index contributed by atoms with van der Waals surface area (Å²) >= 11 is 6.13. The average molecular weight is 456 g/mol. The fourth-order valence-electron chi connectivity index (χ4n) is 5.56. The van der Waals surface area contributed by atoms with Crippen LogP contribution in [0.2, 0.25) is 5.02 Å². The van der Waals surface area contributed by atoms with E-state index in [4.69, 9.17) is 21.1 Å². The predicted octanol–water partition coefficient (Wildman–Crippen LogP) is 4.96. The Bertz CT molecular complexity index is 1080. The van der Waals surface area contributed by atoms with Gasteiger partial charge in [-0.15, -0.1) is 0 Å². The van der Waals surface area contributed by atoms with Crippen LogP contribution in [0, 0.1) is 5.92 Å². The average Bonchev–Trinajstić information content (AvgIpc) is 2.76. The highest BCUT2D eigenvalue weighted by Gasteiger charge is 2.52. The molecule has 5 rings (SSSR count). The highest BCUT2D eigenvalue weighted by atomic mass is 35.5. The maximum atomic E-state index is 13.6. The number of aromatic carboxylic acids is 1. The third-order valence-corrected chi connectivity index (χ3v) is 7.42. The van der Waals surface area contributed by atoms with E-state index in [0.29, 0.717) is 6.54 Å². The first-order valence-corrected chi connectivity index (χ1v) is 11.4. The van der Waals surface area contributed by atoms with E-state index in [1.165, 1.54) is 12.1 Å². The van der Waals surface area contributed by atoms with Gasteiger partial charge in [0.1, 0.15) is 11.4 Å². The first-order chi connectivity index (χ1) is 15.3. The third-order valence-electron chi connectivity index (χ3n) is 7.11. The van der Waals surface area contributed by atoms with E-state index in [0.717, 1.165) is 30.6 Å². The summed E-state index contributed by atoms with van der Waals surface area (Å²) in [6.07, 6.45) is 2.19. The fourth-order valence-corrected chi connectivity index (χ4v) is 5.81. The van der Waals surface area contributed by atoms with Crippen LogP contribution in [-0.4, -0.2) is 46.2 Å². The van der Waals surface area contributed by atoms with Crippen LogP contribution in [0.4, 0.5) is 0 Å². The number of carbonyl (C=O) groups is 2. The number of carboxylic acid groups (broad SMARTS) is 1. The number of hydrogen-bond donors (Lipinski definition) is 1. The molecule has 1 amide bonds. The number of benzene rings is 2. The molecule has 0 aliphatic carbocycles. The van der Waals surface area contributed by atoms with E-state index in [1.807, 2.05) is 18.2 Å². The molecule has 2 aromatic rings. The summed E-state index contributed by atoms with van der Waals surface area (Å²) in [5.41, 5.74) is 0.573. The quantitative estimate of drug-likeness (QED) is 0.692. The minimum absolute atomic E-state index is 0.0605. The zero-order valence-electron chi connectivity index (χ0n) is 18.1. The SMILES string of the molecule is CC1(C)Oc2ccccc2[C@H]2O[C@H]3CCCN(C(=O)c4cccc(Cl)c4C(=O)O)[C@H]3C[C@@H]21. The summed E-state index contributed by atoms with van der Waals surface area (Å²) in [4.78, 5) is 27.2. The Morgan fingerprint density at radius 1 is 1.16 bits per heavy atom. The lowest BCUT2D eigenvalue weighted by molar-refractivity contribution is -0.183. The minimum atomic E-state index is -1.20. The van der Waals surface area contributed by atoms with E-state index < -0.39 is 11.6 Å². The van der Waals surface area contributed by atoms with Gasteiger partial charge in [-0.3, -0.25) is 4.79 Å². The van der Waals surface area contributed by atoms with Gasteiger partial charge in [0.15, 0.2) is 0 Å². The zero-order valence-corrected chi connectivity index (χ0v) is 18.8. The molecule has 168 valence electrons. The summed E-state index contributed by atoms with van der Waals surface area (Å²) in [6, 6.07) is 12.5. The molecule has 0 unspecified atom stereocenters. The Labute approximate surface area is 192 Å². The fraction of sp³-hybridized carbons (Fsp3) is 0.440. The van der Waals surface area contributed by atoms with E-state index in [9.17, 15) is 14.7 Å². The second-order valence-corrected chi connectivity index (χ2v) is 9.76. The molecule has 0 spiro atoms. The second kappa shape index (κ2) is 7.78. The molecule has 0 aromatic heterocycles. The van der Waals surface area contributed by atoms with Crippen LogP contribution in [0.5, 0.6) is 5.75 Å². The summed E-state index contributed by atoms with van der Waals surface area (Å²) < 4.78 is 13.0. The third kappa shape index (κ3) is 3.37. The molecule has 2 saturated heterocycles. The van der Waals surface area contributed by atoms with Crippen LogP contribution in [0.25, 0.3) is 0 Å². The molecule has 2 aromatic carbocycles. The molecule has 2 fully saturated rings. The van der Waals surface area contributed by atoms with Gasteiger partial charge in [-0.05, 0) is 51.3 Å². The first kappa shape index (κ1) is 21.3. The Morgan fingerprint density at radius 3 is 2.72 bits per heavy atom. The Hall–Kier alpha value is -2.57. The molecule has 3 aliphatic rings. The largest absolute Gasteiger partial charge is 0.487 e. The van der Waals surface area contributed by atoms with Gasteiger partial charge in [-0.2, -0.15) is 0 Å². The number of carbonyl (C=O) groups excluding carboxylic acids is 1. The number of likely N-dealkylation sites (tertiary alicyclic amines) is 1. The van der Waals surface area contributed by atoms with Crippen molar-refractivity contribution in [3.63, 3.8) is 0 Å². The summed E-state index contributed by atoms with van der Waals surface area (Å²) in [5, 5.41) is 9.71. The molecule has 0 bridgehead atoms. The number of halogens is 1. The summed E-state index contributed by atoms with van der Waals surface area (Å²) in [6.45, 7) is 4.70. The van der Waals surface area contributed by atoms with Crippen LogP contribution in [0.15, 0.2) is 42.5 Å². The molecule has 7 heteroatoms. The van der Waals surface area contributed by atoms with Gasteiger partial charge in [0.05, 0.1) is 34.4 Å². The van der Waals surface area contributed by atoms with Crippen molar-refractivity contribution in [1.82, 2.24) is 4.90 Å². The highest BCUT2D eigenvalue weighted by Crippen LogP contribution is 2.52. The Morgan fingerprint density at radius 2 is 1.94 bits per heavy atom. The number of nitrogens with zero attached hydrogens (tertiary/aromatic N) is 1. The molecule has 0 saturated carbocycles. The van der Waals surface area contributed by atoms with Gasteiger partial charge in [0, 0.05) is 18.0 Å². The zero-order chi connectivity index (χ0) is 22.6. The molecular formula is C25H26ClNO5. The molecule has 1 N–H and O–H groups in total. The lowest BCUT2D eigenvalue weighted by Crippen LogP contribution is -2.60. The van der Waals surface area contributed by atoms with Crippen LogP contribution < -0.4 is 4.74 Å². The van der Waals surface area contributed by atoms with Gasteiger partial charge in [0.2, 0.25) is 0 Å². The van der Waals surface area contributed by atoms with Crippen molar-refractivity contribution in [2.24, 2.45) is 5.92 Å². The monoisotopic (exact) mass is 455 g/mol. The maximum absolute atomic E-state index is 13.6. The van der Waals surface area contributed by atoms with E-state index >= 15 is 0 Å². The first-order valence-electron chi connectivity index (χ1n) is 11.0. The van der Waals surface area contributed by atoms with Crippen molar-refractivity contribution in [3.8, 4) is 5.75 Å². The smallest absolute Gasteiger partial charge is 0.338 e. The minimum Gasteiger partial charge on any atom is -0.487 e. The number of rotatable bonds is 2. The van der Waals surface area contributed by atoms with Gasteiger partial charge >= 0.3 is 5.97 Å². The number of carboxylic acids is 1. The molecule has 3 heterocycles. The summed E-state index contributed by atoms with van der Waals surface area (Å²) in [7, 11) is 0. The standard InChI is InChI=1S/C25H26ClNO5/c1-25(2)16-13-18-20(31-22(16)14-7-3-4-10-19(14)32-25)11-6-12-27(18)23(28)15-8-5-9-17(26)21(15)24(29)30/h3-5,7-10,16,18,20,22H,6,11-13H2,1-2H3,(H,29,30)/t16-,18-,20-,22+/m0/s1. The van der Waals surface area contributed by atoms with Crippen molar-refractivity contribution < 1.29 is 24.2 Å². The Balaban J connectivity index is 1.49. The van der Waals surface area contributed by atoms with Gasteiger partial charge in [-0.25, -0.2) is 4.79 Å². The van der Waals surface area contributed by atoms with Crippen LogP contribution in [0.3, 0.4) is 0 Å². The number of fused-ring (bicyclic) bond motifs is 4. The molecule has 0 radical (unpaired) electrons. The molecular weight excluding hydrogens is 430 g/mol. The lowest BCUT2D eigenvalue weighted by Gasteiger charge is -2.54. The molecule has 4 atom stereocenters. The predicted molar refractivity (Wildman–Crippen MR) is 119 cm³/mol. The van der Waals surface area contributed by atoms with Crippen LogP contribution in [0.1, 0.15) is 65.5 Å². The normalized spacial score (nSPS) is 28.0. The molecule has 3 aliphatic heterocycles. The van der Waals surface area contributed by atoms with Crippen molar-refractivity contribution in [2.75, 3.05) is 6.54 Å². The number of ether oxygens (including phenoxy) is 2. The van der Waals surface area contributed by atoms with Crippen LogP contribution in [-0.2, 0) is 4.74 Å². The van der Waals surface area contributed by atoms with Gasteiger partial charge < -0.3 is 19.5 Å². The van der Waals surface area contributed by atoms with Gasteiger partial charge in [0.25, 0.3) is 5.91 Å². The lowest BCUT2D eigenvalue weighted by atomic mass is 9.72. The van der Waals surface area contributed by atoms with E-state index in [-0.39, 0.29) is 46.2 Å². The number of para-hydroxylation sites is 1. The van der Waals surface area contributed by atoms with Crippen molar-refractivity contribution in [1.29, 1.82) is 0 Å². The number of hydrogen-bond acceptors (Lipinski definition) is 4. The topological polar surface area (TPSA) is 76.1 Å². The highest BCUT2D eigenvalue weighted by molar-refractivity contribution is 6.34. The summed E-state index contributed by atoms with van der Waals surface area (Å²) in [5.74, 6) is -0.598. The van der Waals surface area contributed by atoms with Crippen LogP contribution >= 0.6 is 11.6 Å². The number of piperidine rings is 1. The van der Waals surface area contributed by atoms with E-state index in [2.05, 4.69) is 19.9 Å². The van der Waals surface area contributed by atoms with E-state index in [1.54, 1.807) is 11.0 Å². The van der Waals surface area contributed by atoms with Crippen molar-refractivity contribution in [3.05, 3.63) is 64.2 Å². The Kier molecular flexibility index (Phi) is 5.18. The molecule has 32 heavy (non-hydrogen) atoms. The maximum Gasteiger partial charge on any atom is 0.338 e. The van der Waals surface area contributed by atoms with Crippen molar-refractivity contribution in [2.45, 2.75) is 57.0 Å². The van der Waals surface area contributed by atoms with Crippen molar-refractivity contribution >= 4 is 23.5 Å². The second-order valence-electron chi connectivity index (χ2n) is 9.36.